The van der Waals surface area contributed by atoms with Gasteiger partial charge in [-0.2, -0.15) is 0 Å². The molecular weight excluding hydrogens is 534 g/mol. The first-order valence-electron chi connectivity index (χ1n) is 12.8. The van der Waals surface area contributed by atoms with Crippen LogP contribution in [0.15, 0.2) is 56.5 Å². The standard InChI is InChI=1S/C30H30ClN3O6/c1-14-12-21(40-15(14)2)27(30(3,4)5)33-24-23(25(35)26(24)36)32-19-11-10-18(31)17-13-34(28(37)22(17)19)20-9-7-6-8-16(20)29(38)39/h6-12,27-28,32-33,37H,13H2,1-5H3,(H,38,39)/t27-,28?/m0/s1. The minimum Gasteiger partial charge on any atom is -0.478 e. The van der Waals surface area contributed by atoms with Crippen LogP contribution < -0.4 is 26.4 Å². The van der Waals surface area contributed by atoms with Crippen molar-refractivity contribution in [2.75, 3.05) is 15.5 Å². The minimum atomic E-state index is -1.25. The Balaban J connectivity index is 1.51. The Bertz CT molecular complexity index is 1690. The lowest BCUT2D eigenvalue weighted by molar-refractivity contribution is 0.0697. The second-order valence-electron chi connectivity index (χ2n) is 11.2. The van der Waals surface area contributed by atoms with E-state index in [9.17, 15) is 24.6 Å². The van der Waals surface area contributed by atoms with E-state index in [1.807, 2.05) is 40.7 Å². The fourth-order valence-electron chi connectivity index (χ4n) is 5.12. The number of carbonyl (C=O) groups is 1. The third-order valence-electron chi connectivity index (χ3n) is 7.42. The summed E-state index contributed by atoms with van der Waals surface area (Å²) in [6.45, 7) is 9.97. The molecular formula is C30H30ClN3O6. The molecule has 40 heavy (non-hydrogen) atoms. The predicted octanol–water partition coefficient (Wildman–Crippen LogP) is 5.80. The van der Waals surface area contributed by atoms with Gasteiger partial charge < -0.3 is 30.2 Å². The number of para-hydroxylation sites is 1. The first-order valence-corrected chi connectivity index (χ1v) is 13.2. The molecule has 0 bridgehead atoms. The van der Waals surface area contributed by atoms with E-state index in [1.54, 1.807) is 30.3 Å². The van der Waals surface area contributed by atoms with E-state index in [0.29, 0.717) is 33.3 Å². The molecule has 9 nitrogen and oxygen atoms in total. The SMILES string of the molecule is Cc1cc([C@H](Nc2c(Nc3ccc(Cl)c4c3C(O)N(c3ccccc3C(=O)O)C4)c(=O)c2=O)C(C)(C)C)oc1C. The van der Waals surface area contributed by atoms with E-state index in [1.165, 1.54) is 11.0 Å². The molecule has 1 aromatic heterocycles. The maximum absolute atomic E-state index is 12.8. The van der Waals surface area contributed by atoms with Gasteiger partial charge in [-0.15, -0.1) is 0 Å². The molecule has 1 aliphatic heterocycles. The first kappa shape index (κ1) is 27.5. The number of hydrogen-bond acceptors (Lipinski definition) is 8. The molecule has 2 heterocycles. The average molecular weight is 564 g/mol. The summed E-state index contributed by atoms with van der Waals surface area (Å²) in [6, 6.07) is 11.1. The van der Waals surface area contributed by atoms with Crippen LogP contribution in [-0.4, -0.2) is 16.2 Å². The van der Waals surface area contributed by atoms with Crippen LogP contribution >= 0.6 is 11.6 Å². The number of aromatic carboxylic acids is 1. The van der Waals surface area contributed by atoms with Crippen LogP contribution in [0.2, 0.25) is 5.02 Å². The zero-order chi connectivity index (χ0) is 29.1. The molecule has 208 valence electrons. The van der Waals surface area contributed by atoms with Crippen LogP contribution in [0.3, 0.4) is 0 Å². The van der Waals surface area contributed by atoms with E-state index in [0.717, 1.165) is 11.3 Å². The normalized spacial score (nSPS) is 15.8. The number of carboxylic acid groups (broad SMARTS) is 1. The molecule has 5 rings (SSSR count). The van der Waals surface area contributed by atoms with Gasteiger partial charge in [-0.3, -0.25) is 9.59 Å². The molecule has 0 spiro atoms. The van der Waals surface area contributed by atoms with Gasteiger partial charge in [-0.1, -0.05) is 44.5 Å². The number of aryl methyl sites for hydroxylation is 2. The van der Waals surface area contributed by atoms with E-state index in [4.69, 9.17) is 16.0 Å². The van der Waals surface area contributed by atoms with Crippen LogP contribution in [0.5, 0.6) is 0 Å². The maximum atomic E-state index is 12.8. The van der Waals surface area contributed by atoms with Crippen LogP contribution in [0.25, 0.3) is 0 Å². The summed E-state index contributed by atoms with van der Waals surface area (Å²) in [6.07, 6.45) is -1.25. The van der Waals surface area contributed by atoms with Crippen molar-refractivity contribution in [3.63, 3.8) is 0 Å². The van der Waals surface area contributed by atoms with Crippen LogP contribution in [-0.2, 0) is 6.54 Å². The third-order valence-corrected chi connectivity index (χ3v) is 7.77. The van der Waals surface area contributed by atoms with Gasteiger partial charge in [0.1, 0.15) is 22.9 Å². The fraction of sp³-hybridized carbons (Fsp3) is 0.300. The second kappa shape index (κ2) is 9.83. The number of halogens is 1. The number of nitrogens with zero attached hydrogens (tertiary/aromatic N) is 1. The molecule has 0 saturated heterocycles. The Morgan fingerprint density at radius 3 is 2.40 bits per heavy atom. The molecule has 10 heteroatoms. The van der Waals surface area contributed by atoms with Crippen LogP contribution in [0.1, 0.15) is 71.6 Å². The first-order chi connectivity index (χ1) is 18.8. The molecule has 1 unspecified atom stereocenters. The van der Waals surface area contributed by atoms with Crippen molar-refractivity contribution < 1.29 is 19.4 Å². The number of benzene rings is 2. The summed E-state index contributed by atoms with van der Waals surface area (Å²) in [4.78, 5) is 38.9. The Kier molecular flexibility index (Phi) is 6.76. The fourth-order valence-corrected chi connectivity index (χ4v) is 5.35. The van der Waals surface area contributed by atoms with E-state index < -0.39 is 29.1 Å². The summed E-state index contributed by atoms with van der Waals surface area (Å²) in [5.41, 5.74) is 1.19. The highest BCUT2D eigenvalue weighted by atomic mass is 35.5. The topological polar surface area (TPSA) is 132 Å². The van der Waals surface area contributed by atoms with E-state index >= 15 is 0 Å². The highest BCUT2D eigenvalue weighted by Crippen LogP contribution is 2.45. The predicted molar refractivity (Wildman–Crippen MR) is 155 cm³/mol. The molecule has 0 amide bonds. The molecule has 3 aromatic carbocycles. The zero-order valence-corrected chi connectivity index (χ0v) is 23.5. The number of aliphatic hydroxyl groups excluding tert-OH is 1. The van der Waals surface area contributed by atoms with Gasteiger partial charge in [0.25, 0.3) is 10.9 Å². The number of furan rings is 1. The Morgan fingerprint density at radius 1 is 1.10 bits per heavy atom. The number of carboxylic acids is 1. The highest BCUT2D eigenvalue weighted by molar-refractivity contribution is 6.31. The number of aliphatic hydroxyl groups is 1. The van der Waals surface area contributed by atoms with Crippen molar-refractivity contribution >= 4 is 40.3 Å². The summed E-state index contributed by atoms with van der Waals surface area (Å²) >= 11 is 6.49. The van der Waals surface area contributed by atoms with Gasteiger partial charge in [0.05, 0.1) is 17.3 Å². The number of rotatable bonds is 7. The summed E-state index contributed by atoms with van der Waals surface area (Å²) in [7, 11) is 0. The largest absolute Gasteiger partial charge is 0.478 e. The molecule has 0 aliphatic carbocycles. The van der Waals surface area contributed by atoms with Gasteiger partial charge in [-0.05, 0) is 60.7 Å². The number of fused-ring (bicyclic) bond motifs is 1. The average Bonchev–Trinajstić information content (AvgIpc) is 3.42. The summed E-state index contributed by atoms with van der Waals surface area (Å²) < 4.78 is 5.96. The van der Waals surface area contributed by atoms with Gasteiger partial charge in [0.2, 0.25) is 0 Å². The van der Waals surface area contributed by atoms with Crippen LogP contribution in [0, 0.1) is 19.3 Å². The summed E-state index contributed by atoms with van der Waals surface area (Å²) in [5, 5.41) is 27.7. The van der Waals surface area contributed by atoms with Gasteiger partial charge >= 0.3 is 5.97 Å². The van der Waals surface area contributed by atoms with Crippen molar-refractivity contribution in [3.8, 4) is 0 Å². The van der Waals surface area contributed by atoms with E-state index in [-0.39, 0.29) is 28.9 Å². The third kappa shape index (κ3) is 4.55. The lowest BCUT2D eigenvalue weighted by Crippen LogP contribution is -2.39. The molecule has 1 aliphatic rings. The van der Waals surface area contributed by atoms with Crippen LogP contribution in [0.4, 0.5) is 22.7 Å². The highest BCUT2D eigenvalue weighted by Gasteiger charge is 2.37. The molecule has 0 radical (unpaired) electrons. The summed E-state index contributed by atoms with van der Waals surface area (Å²) in [5.74, 6) is 0.296. The zero-order valence-electron chi connectivity index (χ0n) is 22.8. The molecule has 2 atom stereocenters. The quantitative estimate of drug-likeness (QED) is 0.206. The lowest BCUT2D eigenvalue weighted by atomic mass is 9.84. The second-order valence-corrected chi connectivity index (χ2v) is 11.6. The molecule has 4 N–H and O–H groups in total. The lowest BCUT2D eigenvalue weighted by Gasteiger charge is -2.32. The molecule has 0 fully saturated rings. The maximum Gasteiger partial charge on any atom is 0.337 e. The molecule has 4 aromatic rings. The Labute approximate surface area is 235 Å². The van der Waals surface area contributed by atoms with Crippen molar-refractivity contribution in [1.82, 2.24) is 0 Å². The monoisotopic (exact) mass is 563 g/mol. The van der Waals surface area contributed by atoms with Crippen molar-refractivity contribution in [3.05, 3.63) is 102 Å². The Hall–Kier alpha value is -4.08. The van der Waals surface area contributed by atoms with Crippen molar-refractivity contribution in [1.29, 1.82) is 0 Å². The Morgan fingerprint density at radius 2 is 1.77 bits per heavy atom. The number of anilines is 4. The van der Waals surface area contributed by atoms with E-state index in [2.05, 4.69) is 10.6 Å². The number of nitrogens with one attached hydrogen (secondary N) is 2. The van der Waals surface area contributed by atoms with Gasteiger partial charge in [0.15, 0.2) is 6.23 Å². The van der Waals surface area contributed by atoms with Crippen molar-refractivity contribution in [2.24, 2.45) is 5.41 Å². The minimum absolute atomic E-state index is 0.0329. The molecule has 0 saturated carbocycles. The van der Waals surface area contributed by atoms with Gasteiger partial charge in [0, 0.05) is 22.8 Å². The smallest absolute Gasteiger partial charge is 0.337 e. The van der Waals surface area contributed by atoms with Crippen molar-refractivity contribution in [2.45, 2.75) is 53.4 Å². The number of hydrogen-bond donors (Lipinski definition) is 4. The van der Waals surface area contributed by atoms with Gasteiger partial charge in [-0.25, -0.2) is 4.79 Å².